The predicted octanol–water partition coefficient (Wildman–Crippen LogP) is 2.72. The summed E-state index contributed by atoms with van der Waals surface area (Å²) < 4.78 is 0. The van der Waals surface area contributed by atoms with Crippen LogP contribution < -0.4 is 5.73 Å². The van der Waals surface area contributed by atoms with Crippen LogP contribution in [0.1, 0.15) is 44.3 Å². The molecule has 0 aromatic carbocycles. The molecule has 1 aromatic heterocycles. The second kappa shape index (κ2) is 4.89. The minimum Gasteiger partial charge on any atom is -0.330 e. The number of hydrogen-bond donors (Lipinski definition) is 1. The van der Waals surface area contributed by atoms with Gasteiger partial charge in [0.1, 0.15) is 0 Å². The zero-order valence-electron chi connectivity index (χ0n) is 9.34. The van der Waals surface area contributed by atoms with Crippen molar-refractivity contribution in [1.82, 2.24) is 4.98 Å². The summed E-state index contributed by atoms with van der Waals surface area (Å²) in [6.45, 7) is 7.34. The quantitative estimate of drug-likeness (QED) is 0.815. The molecule has 2 nitrogen and oxygen atoms in total. The Morgan fingerprint density at radius 3 is 2.79 bits per heavy atom. The molecule has 0 amide bonds. The monoisotopic (exact) mass is 212 g/mol. The molecular formula is C11H20N2S. The summed E-state index contributed by atoms with van der Waals surface area (Å²) in [5, 5.41) is 3.44. The van der Waals surface area contributed by atoms with Crippen molar-refractivity contribution in [2.24, 2.45) is 5.73 Å². The van der Waals surface area contributed by atoms with E-state index in [0.717, 1.165) is 19.4 Å². The van der Waals surface area contributed by atoms with Gasteiger partial charge in [0.15, 0.2) is 0 Å². The third-order valence-corrected chi connectivity index (χ3v) is 3.39. The summed E-state index contributed by atoms with van der Waals surface area (Å²) >= 11 is 1.77. The first-order chi connectivity index (χ1) is 6.60. The maximum Gasteiger partial charge on any atom is 0.0928 e. The topological polar surface area (TPSA) is 38.9 Å². The third-order valence-electron chi connectivity index (χ3n) is 2.48. The zero-order chi connectivity index (χ0) is 10.6. The Morgan fingerprint density at radius 1 is 1.50 bits per heavy atom. The van der Waals surface area contributed by atoms with Gasteiger partial charge in [-0.3, -0.25) is 0 Å². The van der Waals surface area contributed by atoms with E-state index in [1.54, 1.807) is 11.3 Å². The summed E-state index contributed by atoms with van der Waals surface area (Å²) in [6.07, 6.45) is 3.27. The number of rotatable bonds is 5. The first-order valence-electron chi connectivity index (χ1n) is 5.25. The highest BCUT2D eigenvalue weighted by atomic mass is 32.1. The fraction of sp³-hybridized carbons (Fsp3) is 0.727. The summed E-state index contributed by atoms with van der Waals surface area (Å²) in [6, 6.07) is 0. The van der Waals surface area contributed by atoms with Crippen LogP contribution in [0.2, 0.25) is 0 Å². The van der Waals surface area contributed by atoms with Gasteiger partial charge in [-0.25, -0.2) is 4.98 Å². The van der Waals surface area contributed by atoms with E-state index in [-0.39, 0.29) is 5.41 Å². The van der Waals surface area contributed by atoms with Gasteiger partial charge in [0.25, 0.3) is 0 Å². The Hall–Kier alpha value is -0.410. The van der Waals surface area contributed by atoms with Crippen LogP contribution >= 0.6 is 11.3 Å². The molecule has 0 bridgehead atoms. The Labute approximate surface area is 90.6 Å². The second-order valence-corrected chi connectivity index (χ2v) is 5.24. The molecule has 0 saturated heterocycles. The maximum absolute atomic E-state index is 5.59. The average molecular weight is 212 g/mol. The van der Waals surface area contributed by atoms with Crippen molar-refractivity contribution in [3.05, 3.63) is 16.1 Å². The van der Waals surface area contributed by atoms with Crippen molar-refractivity contribution in [3.63, 3.8) is 0 Å². The van der Waals surface area contributed by atoms with Crippen molar-refractivity contribution in [1.29, 1.82) is 0 Å². The molecule has 80 valence electrons. The van der Waals surface area contributed by atoms with Crippen LogP contribution in [0.25, 0.3) is 0 Å². The second-order valence-electron chi connectivity index (χ2n) is 4.30. The van der Waals surface area contributed by atoms with Gasteiger partial charge in [-0.15, -0.1) is 11.3 Å². The minimum atomic E-state index is 0.136. The number of thiazole rings is 1. The summed E-state index contributed by atoms with van der Waals surface area (Å²) in [7, 11) is 0. The van der Waals surface area contributed by atoms with Crippen LogP contribution in [0.3, 0.4) is 0 Å². The molecule has 3 heteroatoms. The molecule has 0 saturated carbocycles. The van der Waals surface area contributed by atoms with Crippen LogP contribution in [0.15, 0.2) is 5.38 Å². The molecule has 0 radical (unpaired) electrons. The fourth-order valence-corrected chi connectivity index (χ4v) is 2.53. The van der Waals surface area contributed by atoms with Crippen LogP contribution in [-0.2, 0) is 11.8 Å². The van der Waals surface area contributed by atoms with E-state index in [4.69, 9.17) is 5.73 Å². The molecule has 0 spiro atoms. The largest absolute Gasteiger partial charge is 0.330 e. The van der Waals surface area contributed by atoms with Gasteiger partial charge in [0.05, 0.1) is 10.7 Å². The first-order valence-corrected chi connectivity index (χ1v) is 6.13. The lowest BCUT2D eigenvalue weighted by atomic mass is 9.86. The standard InChI is InChI=1S/C11H20N2S/c1-4-5-10-13-9(8-14-10)11(2,3)6-7-12/h8H,4-7,12H2,1-3H3. The number of aromatic nitrogens is 1. The molecule has 14 heavy (non-hydrogen) atoms. The minimum absolute atomic E-state index is 0.136. The third kappa shape index (κ3) is 2.79. The maximum atomic E-state index is 5.59. The lowest BCUT2D eigenvalue weighted by Gasteiger charge is -2.21. The van der Waals surface area contributed by atoms with Gasteiger partial charge in [0.2, 0.25) is 0 Å². The van der Waals surface area contributed by atoms with Gasteiger partial charge in [-0.05, 0) is 25.8 Å². The van der Waals surface area contributed by atoms with Gasteiger partial charge < -0.3 is 5.73 Å². The molecular weight excluding hydrogens is 192 g/mol. The van der Waals surface area contributed by atoms with Crippen molar-refractivity contribution in [3.8, 4) is 0 Å². The molecule has 0 atom stereocenters. The molecule has 1 heterocycles. The molecule has 0 aliphatic rings. The highest BCUT2D eigenvalue weighted by molar-refractivity contribution is 7.09. The first kappa shape index (κ1) is 11.7. The Morgan fingerprint density at radius 2 is 2.21 bits per heavy atom. The van der Waals surface area contributed by atoms with Gasteiger partial charge in [-0.2, -0.15) is 0 Å². The van der Waals surface area contributed by atoms with E-state index in [1.807, 2.05) is 0 Å². The van der Waals surface area contributed by atoms with E-state index in [1.165, 1.54) is 17.1 Å². The van der Waals surface area contributed by atoms with E-state index >= 15 is 0 Å². The van der Waals surface area contributed by atoms with E-state index in [0.29, 0.717) is 0 Å². The van der Waals surface area contributed by atoms with Crippen molar-refractivity contribution in [2.45, 2.75) is 45.4 Å². The molecule has 0 unspecified atom stereocenters. The molecule has 0 aliphatic heterocycles. The van der Waals surface area contributed by atoms with E-state index in [9.17, 15) is 0 Å². The molecule has 0 aliphatic carbocycles. The number of aryl methyl sites for hydroxylation is 1. The van der Waals surface area contributed by atoms with Crippen LogP contribution in [0.5, 0.6) is 0 Å². The zero-order valence-corrected chi connectivity index (χ0v) is 10.2. The Kier molecular flexibility index (Phi) is 4.08. The van der Waals surface area contributed by atoms with Gasteiger partial charge in [-0.1, -0.05) is 20.8 Å². The average Bonchev–Trinajstić information content (AvgIpc) is 2.54. The summed E-state index contributed by atoms with van der Waals surface area (Å²) in [5.74, 6) is 0. The van der Waals surface area contributed by atoms with Crippen molar-refractivity contribution >= 4 is 11.3 Å². The van der Waals surface area contributed by atoms with Crippen LogP contribution in [0.4, 0.5) is 0 Å². The molecule has 2 N–H and O–H groups in total. The smallest absolute Gasteiger partial charge is 0.0928 e. The lowest BCUT2D eigenvalue weighted by Crippen LogP contribution is -2.22. The molecule has 0 fully saturated rings. The van der Waals surface area contributed by atoms with Crippen LogP contribution in [-0.4, -0.2) is 11.5 Å². The number of nitrogens with two attached hydrogens (primary N) is 1. The molecule has 1 aromatic rings. The summed E-state index contributed by atoms with van der Waals surface area (Å²) in [5.41, 5.74) is 6.93. The highest BCUT2D eigenvalue weighted by Gasteiger charge is 2.22. The normalized spacial score (nSPS) is 12.0. The number of nitrogens with zero attached hydrogens (tertiary/aromatic N) is 1. The summed E-state index contributed by atoms with van der Waals surface area (Å²) in [4.78, 5) is 4.65. The Bertz CT molecular complexity index is 279. The Balaban J connectivity index is 2.74. The van der Waals surface area contributed by atoms with Crippen LogP contribution in [0, 0.1) is 0 Å². The van der Waals surface area contributed by atoms with E-state index in [2.05, 4.69) is 31.1 Å². The number of hydrogen-bond acceptors (Lipinski definition) is 3. The highest BCUT2D eigenvalue weighted by Crippen LogP contribution is 2.27. The van der Waals surface area contributed by atoms with Gasteiger partial charge >= 0.3 is 0 Å². The molecule has 1 rings (SSSR count). The SMILES string of the molecule is CCCc1nc(C(C)(C)CCN)cs1. The van der Waals surface area contributed by atoms with Crippen molar-refractivity contribution < 1.29 is 0 Å². The fourth-order valence-electron chi connectivity index (χ4n) is 1.44. The van der Waals surface area contributed by atoms with Crippen molar-refractivity contribution in [2.75, 3.05) is 6.54 Å². The lowest BCUT2D eigenvalue weighted by molar-refractivity contribution is 0.474. The van der Waals surface area contributed by atoms with E-state index < -0.39 is 0 Å². The van der Waals surface area contributed by atoms with Gasteiger partial charge in [0, 0.05) is 10.8 Å². The predicted molar refractivity (Wildman–Crippen MR) is 62.8 cm³/mol.